The number of thioether (sulfide) groups is 1. The molecule has 0 saturated carbocycles. The molecule has 0 unspecified atom stereocenters. The van der Waals surface area contributed by atoms with Crippen LogP contribution in [-0.2, 0) is 0 Å². The first-order valence-corrected chi connectivity index (χ1v) is 7.47. The third-order valence-electron chi connectivity index (χ3n) is 3.26. The van der Waals surface area contributed by atoms with Gasteiger partial charge in [0.2, 0.25) is 0 Å². The van der Waals surface area contributed by atoms with E-state index in [1.807, 2.05) is 5.01 Å². The highest BCUT2D eigenvalue weighted by Crippen LogP contribution is 2.32. The van der Waals surface area contributed by atoms with Gasteiger partial charge in [0.15, 0.2) is 5.84 Å². The second kappa shape index (κ2) is 5.87. The summed E-state index contributed by atoms with van der Waals surface area (Å²) in [6, 6.07) is 3.79. The SMILES string of the molecule is O=C1N=C(N2CCCCN2)C(=Cc2ccc(F)cc2O)S1. The fourth-order valence-electron chi connectivity index (χ4n) is 2.24. The maximum Gasteiger partial charge on any atom is 0.311 e. The van der Waals surface area contributed by atoms with Crippen LogP contribution in [-0.4, -0.2) is 34.3 Å². The minimum atomic E-state index is -0.503. The molecule has 0 spiro atoms. The summed E-state index contributed by atoms with van der Waals surface area (Å²) >= 11 is 1.01. The van der Waals surface area contributed by atoms with Gasteiger partial charge in [0.05, 0.1) is 4.91 Å². The Balaban J connectivity index is 1.90. The number of hydrazine groups is 1. The molecular formula is C14H14FN3O2S. The summed E-state index contributed by atoms with van der Waals surface area (Å²) in [6.45, 7) is 1.62. The Morgan fingerprint density at radius 2 is 2.29 bits per heavy atom. The van der Waals surface area contributed by atoms with Gasteiger partial charge in [0, 0.05) is 24.7 Å². The van der Waals surface area contributed by atoms with E-state index in [-0.39, 0.29) is 11.0 Å². The first-order valence-electron chi connectivity index (χ1n) is 6.65. The zero-order valence-corrected chi connectivity index (χ0v) is 12.0. The molecule has 2 aliphatic heterocycles. The van der Waals surface area contributed by atoms with Gasteiger partial charge in [-0.05, 0) is 42.8 Å². The van der Waals surface area contributed by atoms with E-state index >= 15 is 0 Å². The van der Waals surface area contributed by atoms with E-state index in [1.165, 1.54) is 12.1 Å². The lowest BCUT2D eigenvalue weighted by atomic mass is 10.1. The Bertz CT molecular complexity index is 639. The molecular weight excluding hydrogens is 293 g/mol. The van der Waals surface area contributed by atoms with Crippen LogP contribution in [0, 0.1) is 5.82 Å². The van der Waals surface area contributed by atoms with Crippen LogP contribution in [0.2, 0.25) is 0 Å². The van der Waals surface area contributed by atoms with Crippen molar-refractivity contribution in [1.29, 1.82) is 0 Å². The van der Waals surface area contributed by atoms with Crippen LogP contribution in [0.15, 0.2) is 28.1 Å². The van der Waals surface area contributed by atoms with Crippen molar-refractivity contribution in [3.8, 4) is 5.75 Å². The number of aromatic hydroxyl groups is 1. The van der Waals surface area contributed by atoms with Gasteiger partial charge in [-0.2, -0.15) is 4.99 Å². The topological polar surface area (TPSA) is 64.9 Å². The summed E-state index contributed by atoms with van der Waals surface area (Å²) in [5, 5.41) is 11.3. The second-order valence-electron chi connectivity index (χ2n) is 4.78. The van der Waals surface area contributed by atoms with E-state index in [4.69, 9.17) is 0 Å². The van der Waals surface area contributed by atoms with Gasteiger partial charge in [-0.1, -0.05) is 0 Å². The van der Waals surface area contributed by atoms with Gasteiger partial charge < -0.3 is 5.11 Å². The Kier molecular flexibility index (Phi) is 3.94. The molecule has 7 heteroatoms. The number of phenols is 1. The third kappa shape index (κ3) is 3.08. The van der Waals surface area contributed by atoms with Crippen LogP contribution in [0.25, 0.3) is 6.08 Å². The Morgan fingerprint density at radius 3 is 3.00 bits per heavy atom. The fraction of sp³-hybridized carbons (Fsp3) is 0.286. The number of nitrogens with zero attached hydrogens (tertiary/aromatic N) is 2. The molecule has 0 bridgehead atoms. The first kappa shape index (κ1) is 14.1. The summed E-state index contributed by atoms with van der Waals surface area (Å²) in [5.74, 6) is -0.0989. The van der Waals surface area contributed by atoms with E-state index in [2.05, 4.69) is 10.4 Å². The van der Waals surface area contributed by atoms with Crippen LogP contribution >= 0.6 is 11.8 Å². The molecule has 110 valence electrons. The standard InChI is InChI=1S/C14H14FN3O2S/c15-10-4-3-9(11(19)8-10)7-12-13(17-14(20)21-12)18-6-2-1-5-16-18/h3-4,7-8,16,19H,1-2,5-6H2. The number of hydrogen-bond donors (Lipinski definition) is 2. The molecule has 1 aromatic rings. The number of benzene rings is 1. The number of nitrogens with one attached hydrogen (secondary N) is 1. The van der Waals surface area contributed by atoms with Gasteiger partial charge in [0.1, 0.15) is 11.6 Å². The summed E-state index contributed by atoms with van der Waals surface area (Å²) in [5.41, 5.74) is 3.65. The minimum absolute atomic E-state index is 0.159. The van der Waals surface area contributed by atoms with Crippen LogP contribution in [0.5, 0.6) is 5.75 Å². The van der Waals surface area contributed by atoms with E-state index in [0.29, 0.717) is 16.3 Å². The number of halogens is 1. The average Bonchev–Trinajstić information content (AvgIpc) is 2.84. The lowest BCUT2D eigenvalue weighted by Crippen LogP contribution is -2.46. The minimum Gasteiger partial charge on any atom is -0.507 e. The molecule has 0 radical (unpaired) electrons. The monoisotopic (exact) mass is 307 g/mol. The third-order valence-corrected chi connectivity index (χ3v) is 4.05. The van der Waals surface area contributed by atoms with Crippen LogP contribution < -0.4 is 5.43 Å². The smallest absolute Gasteiger partial charge is 0.311 e. The lowest BCUT2D eigenvalue weighted by Gasteiger charge is -2.29. The maximum atomic E-state index is 13.0. The van der Waals surface area contributed by atoms with E-state index < -0.39 is 5.82 Å². The number of carbonyl (C=O) groups is 1. The largest absolute Gasteiger partial charge is 0.507 e. The molecule has 2 heterocycles. The second-order valence-corrected chi connectivity index (χ2v) is 5.78. The van der Waals surface area contributed by atoms with Crippen molar-refractivity contribution in [3.05, 3.63) is 34.5 Å². The molecule has 2 aliphatic rings. The van der Waals surface area contributed by atoms with Crippen molar-refractivity contribution in [2.75, 3.05) is 13.1 Å². The summed E-state index contributed by atoms with van der Waals surface area (Å²) in [6.07, 6.45) is 3.77. The number of rotatable bonds is 1. The fourth-order valence-corrected chi connectivity index (χ4v) is 2.99. The number of carbonyl (C=O) groups excluding carboxylic acids is 1. The van der Waals surface area contributed by atoms with Crippen molar-refractivity contribution >= 4 is 28.9 Å². The number of phenolic OH excluding ortho intramolecular Hbond substituents is 1. The van der Waals surface area contributed by atoms with E-state index in [9.17, 15) is 14.3 Å². The van der Waals surface area contributed by atoms with E-state index in [1.54, 1.807) is 6.08 Å². The van der Waals surface area contributed by atoms with Gasteiger partial charge in [-0.25, -0.2) is 9.82 Å². The molecule has 5 nitrogen and oxygen atoms in total. The molecule has 2 N–H and O–H groups in total. The number of amidine groups is 1. The molecule has 3 rings (SSSR count). The highest BCUT2D eigenvalue weighted by molar-refractivity contribution is 8.18. The highest BCUT2D eigenvalue weighted by Gasteiger charge is 2.27. The van der Waals surface area contributed by atoms with Crippen LogP contribution in [0.4, 0.5) is 9.18 Å². The molecule has 0 atom stereocenters. The zero-order valence-electron chi connectivity index (χ0n) is 11.2. The van der Waals surface area contributed by atoms with Crippen molar-refractivity contribution in [1.82, 2.24) is 10.4 Å². The Labute approximate surface area is 125 Å². The van der Waals surface area contributed by atoms with Crippen LogP contribution in [0.1, 0.15) is 18.4 Å². The van der Waals surface area contributed by atoms with Crippen molar-refractivity contribution in [2.45, 2.75) is 12.8 Å². The quantitative estimate of drug-likeness (QED) is 0.835. The van der Waals surface area contributed by atoms with Crippen molar-refractivity contribution in [3.63, 3.8) is 0 Å². The summed E-state index contributed by atoms with van der Waals surface area (Å²) in [4.78, 5) is 16.3. The average molecular weight is 307 g/mol. The van der Waals surface area contributed by atoms with Gasteiger partial charge in [0.25, 0.3) is 0 Å². The number of hydrogen-bond acceptors (Lipinski definition) is 5. The van der Waals surface area contributed by atoms with Crippen molar-refractivity contribution < 1.29 is 14.3 Å². The predicted molar refractivity (Wildman–Crippen MR) is 80.4 cm³/mol. The molecule has 1 aromatic carbocycles. The van der Waals surface area contributed by atoms with Gasteiger partial charge in [-0.3, -0.25) is 9.80 Å². The number of aliphatic imine (C=N–C) groups is 1. The number of amides is 1. The van der Waals surface area contributed by atoms with Crippen LogP contribution in [0.3, 0.4) is 0 Å². The lowest BCUT2D eigenvalue weighted by molar-refractivity contribution is 0.255. The maximum absolute atomic E-state index is 13.0. The van der Waals surface area contributed by atoms with Crippen molar-refractivity contribution in [2.24, 2.45) is 4.99 Å². The molecule has 21 heavy (non-hydrogen) atoms. The molecule has 0 aromatic heterocycles. The summed E-state index contributed by atoms with van der Waals surface area (Å²) < 4.78 is 13.0. The zero-order chi connectivity index (χ0) is 14.8. The Morgan fingerprint density at radius 1 is 1.43 bits per heavy atom. The normalized spacial score (nSPS) is 21.0. The first-order chi connectivity index (χ1) is 10.1. The molecule has 0 aliphatic carbocycles. The summed E-state index contributed by atoms with van der Waals surface area (Å²) in [7, 11) is 0. The van der Waals surface area contributed by atoms with Gasteiger partial charge in [-0.15, -0.1) is 0 Å². The Hall–Kier alpha value is -1.86. The highest BCUT2D eigenvalue weighted by atomic mass is 32.2. The molecule has 1 fully saturated rings. The molecule has 1 saturated heterocycles. The van der Waals surface area contributed by atoms with E-state index in [0.717, 1.165) is 43.8 Å². The van der Waals surface area contributed by atoms with Gasteiger partial charge >= 0.3 is 5.24 Å². The molecule has 1 amide bonds. The predicted octanol–water partition coefficient (Wildman–Crippen LogP) is 2.74.